The summed E-state index contributed by atoms with van der Waals surface area (Å²) in [7, 11) is 0. The van der Waals surface area contributed by atoms with Gasteiger partial charge in [0.1, 0.15) is 11.2 Å². The zero-order valence-electron chi connectivity index (χ0n) is 20.8. The van der Waals surface area contributed by atoms with Crippen molar-refractivity contribution in [1.29, 1.82) is 0 Å². The van der Waals surface area contributed by atoms with Crippen LogP contribution in [0.3, 0.4) is 0 Å². The van der Waals surface area contributed by atoms with Crippen molar-refractivity contribution in [3.8, 4) is 22.3 Å². The molecule has 0 aliphatic rings. The van der Waals surface area contributed by atoms with Crippen LogP contribution in [-0.4, -0.2) is 0 Å². The molecule has 0 aliphatic carbocycles. The maximum atomic E-state index is 6.79. The number of benzene rings is 6. The first-order chi connectivity index (χ1) is 19.3. The van der Waals surface area contributed by atoms with Gasteiger partial charge in [0.25, 0.3) is 0 Å². The third-order valence-corrected chi connectivity index (χ3v) is 10.2. The minimum atomic E-state index is 0.945. The van der Waals surface area contributed by atoms with Gasteiger partial charge in [-0.3, -0.25) is 0 Å². The Bertz CT molecular complexity index is 2230. The summed E-state index contributed by atoms with van der Waals surface area (Å²) in [5.41, 5.74) is 6.52. The average Bonchev–Trinajstić information content (AvgIpc) is 3.67. The Morgan fingerprint density at radius 2 is 0.795 bits per heavy atom. The number of rotatable bonds is 2. The highest BCUT2D eigenvalue weighted by Gasteiger charge is 2.17. The molecule has 39 heavy (non-hydrogen) atoms. The maximum Gasteiger partial charge on any atom is 0.143 e. The van der Waals surface area contributed by atoms with E-state index in [0.29, 0.717) is 0 Å². The fourth-order valence-electron chi connectivity index (χ4n) is 6.06. The van der Waals surface area contributed by atoms with Gasteiger partial charge in [-0.2, -0.15) is 0 Å². The van der Waals surface area contributed by atoms with Gasteiger partial charge in [-0.25, -0.2) is 0 Å². The minimum Gasteiger partial charge on any atom is -0.455 e. The van der Waals surface area contributed by atoms with Gasteiger partial charge in [0.2, 0.25) is 0 Å². The number of furan rings is 1. The lowest BCUT2D eigenvalue weighted by atomic mass is 9.98. The Hall–Kier alpha value is -4.44. The molecule has 182 valence electrons. The smallest absolute Gasteiger partial charge is 0.143 e. The highest BCUT2D eigenvalue weighted by atomic mass is 32.1. The molecule has 0 unspecified atom stereocenters. The Labute approximate surface area is 232 Å². The normalized spacial score (nSPS) is 12.1. The minimum absolute atomic E-state index is 0.945. The molecule has 0 bridgehead atoms. The topological polar surface area (TPSA) is 13.1 Å². The summed E-state index contributed by atoms with van der Waals surface area (Å²) >= 11 is 3.70. The van der Waals surface area contributed by atoms with Crippen LogP contribution in [0.15, 0.2) is 126 Å². The number of fused-ring (bicyclic) bond motifs is 9. The second kappa shape index (κ2) is 8.03. The van der Waals surface area contributed by atoms with Gasteiger partial charge in [-0.1, -0.05) is 84.9 Å². The fraction of sp³-hybridized carbons (Fsp3) is 0. The number of hydrogen-bond donors (Lipinski definition) is 0. The standard InChI is InChI=1S/C36H20OS2/c1-3-13-31-25(7-1)29-19-21(15-17-33(29)38-31)23-9-5-11-27-28-12-6-10-24(36(28)37-35(23)27)22-16-18-34-30(20-22)26-8-2-4-14-32(26)39-34/h1-20H. The van der Waals surface area contributed by atoms with E-state index in [1.807, 2.05) is 22.7 Å². The molecular weight excluding hydrogens is 513 g/mol. The van der Waals surface area contributed by atoms with Gasteiger partial charge in [-0.05, 0) is 47.5 Å². The van der Waals surface area contributed by atoms with E-state index in [4.69, 9.17) is 4.42 Å². The van der Waals surface area contributed by atoms with E-state index in [1.165, 1.54) is 51.5 Å². The third kappa shape index (κ3) is 3.12. The van der Waals surface area contributed by atoms with Crippen molar-refractivity contribution < 1.29 is 4.42 Å². The summed E-state index contributed by atoms with van der Waals surface area (Å²) in [6.45, 7) is 0. The average molecular weight is 533 g/mol. The molecule has 0 radical (unpaired) electrons. The van der Waals surface area contributed by atoms with Crippen molar-refractivity contribution in [3.63, 3.8) is 0 Å². The van der Waals surface area contributed by atoms with Crippen molar-refractivity contribution in [2.24, 2.45) is 0 Å². The summed E-state index contributed by atoms with van der Waals surface area (Å²) < 4.78 is 12.1. The SMILES string of the molecule is c1ccc2c(c1)sc1ccc(-c3cccc4c3oc3c(-c5ccc6sc7ccccc7c6c5)cccc34)cc12. The van der Waals surface area contributed by atoms with Crippen LogP contribution in [0.2, 0.25) is 0 Å². The lowest BCUT2D eigenvalue weighted by Crippen LogP contribution is -1.79. The van der Waals surface area contributed by atoms with E-state index in [9.17, 15) is 0 Å². The molecule has 3 heterocycles. The summed E-state index contributed by atoms with van der Waals surface area (Å²) in [5.74, 6) is 0. The lowest BCUT2D eigenvalue weighted by Gasteiger charge is -2.04. The fourth-order valence-corrected chi connectivity index (χ4v) is 8.23. The van der Waals surface area contributed by atoms with Crippen LogP contribution in [0.25, 0.3) is 84.5 Å². The summed E-state index contributed by atoms with van der Waals surface area (Å²) in [4.78, 5) is 0. The van der Waals surface area contributed by atoms with Gasteiger partial charge in [-0.15, -0.1) is 22.7 Å². The van der Waals surface area contributed by atoms with Crippen LogP contribution in [0.5, 0.6) is 0 Å². The van der Waals surface area contributed by atoms with Gasteiger partial charge < -0.3 is 4.42 Å². The van der Waals surface area contributed by atoms with Crippen molar-refractivity contribution in [2.75, 3.05) is 0 Å². The van der Waals surface area contributed by atoms with E-state index < -0.39 is 0 Å². The molecule has 1 nitrogen and oxygen atoms in total. The molecule has 0 amide bonds. The molecule has 6 aromatic carbocycles. The quantitative estimate of drug-likeness (QED) is 0.216. The Morgan fingerprint density at radius 1 is 0.359 bits per heavy atom. The van der Waals surface area contributed by atoms with E-state index in [2.05, 4.69) is 121 Å². The van der Waals surface area contributed by atoms with Crippen LogP contribution in [0, 0.1) is 0 Å². The molecule has 9 rings (SSSR count). The first kappa shape index (κ1) is 21.5. The number of para-hydroxylation sites is 2. The summed E-state index contributed by atoms with van der Waals surface area (Å²) in [6, 6.07) is 44.0. The second-order valence-electron chi connectivity index (χ2n) is 10.1. The molecule has 0 atom stereocenters. The van der Waals surface area contributed by atoms with Gasteiger partial charge in [0.05, 0.1) is 0 Å². The molecule has 0 N–H and O–H groups in total. The van der Waals surface area contributed by atoms with Gasteiger partial charge >= 0.3 is 0 Å². The van der Waals surface area contributed by atoms with Gasteiger partial charge in [0.15, 0.2) is 0 Å². The Morgan fingerprint density at radius 3 is 1.31 bits per heavy atom. The Kier molecular flexibility index (Phi) is 4.43. The molecular formula is C36H20OS2. The van der Waals surface area contributed by atoms with E-state index in [-0.39, 0.29) is 0 Å². The first-order valence-electron chi connectivity index (χ1n) is 13.1. The summed E-state index contributed by atoms with van der Waals surface area (Å²) in [5, 5.41) is 7.55. The zero-order valence-corrected chi connectivity index (χ0v) is 22.4. The van der Waals surface area contributed by atoms with Crippen molar-refractivity contribution in [3.05, 3.63) is 121 Å². The first-order valence-corrected chi connectivity index (χ1v) is 14.7. The van der Waals surface area contributed by atoms with Gasteiger partial charge in [0, 0.05) is 62.2 Å². The zero-order chi connectivity index (χ0) is 25.5. The van der Waals surface area contributed by atoms with Crippen LogP contribution in [0.4, 0.5) is 0 Å². The van der Waals surface area contributed by atoms with Crippen LogP contribution in [-0.2, 0) is 0 Å². The lowest BCUT2D eigenvalue weighted by molar-refractivity contribution is 0.671. The molecule has 3 aromatic heterocycles. The predicted octanol–water partition coefficient (Wildman–Crippen LogP) is 11.7. The molecule has 0 saturated heterocycles. The van der Waals surface area contributed by atoms with Crippen molar-refractivity contribution in [1.82, 2.24) is 0 Å². The highest BCUT2D eigenvalue weighted by Crippen LogP contribution is 2.43. The maximum absolute atomic E-state index is 6.79. The third-order valence-electron chi connectivity index (χ3n) is 7.90. The second-order valence-corrected chi connectivity index (χ2v) is 12.3. The Balaban J connectivity index is 1.27. The van der Waals surface area contributed by atoms with Crippen LogP contribution >= 0.6 is 22.7 Å². The van der Waals surface area contributed by atoms with Crippen LogP contribution < -0.4 is 0 Å². The number of thiophene rings is 2. The van der Waals surface area contributed by atoms with E-state index in [1.54, 1.807) is 0 Å². The molecule has 3 heteroatoms. The van der Waals surface area contributed by atoms with Crippen LogP contribution in [0.1, 0.15) is 0 Å². The highest BCUT2D eigenvalue weighted by molar-refractivity contribution is 7.26. The molecule has 0 saturated carbocycles. The predicted molar refractivity (Wildman–Crippen MR) is 170 cm³/mol. The molecule has 0 fully saturated rings. The summed E-state index contributed by atoms with van der Waals surface area (Å²) in [6.07, 6.45) is 0. The molecule has 9 aromatic rings. The monoisotopic (exact) mass is 532 g/mol. The largest absolute Gasteiger partial charge is 0.455 e. The number of hydrogen-bond acceptors (Lipinski definition) is 3. The molecule has 0 spiro atoms. The van der Waals surface area contributed by atoms with E-state index in [0.717, 1.165) is 33.1 Å². The van der Waals surface area contributed by atoms with Crippen molar-refractivity contribution in [2.45, 2.75) is 0 Å². The van der Waals surface area contributed by atoms with E-state index >= 15 is 0 Å². The van der Waals surface area contributed by atoms with Crippen molar-refractivity contribution >= 4 is 85.0 Å². The molecule has 0 aliphatic heterocycles.